The maximum Gasteiger partial charge on any atom is 0.262 e. The van der Waals surface area contributed by atoms with Gasteiger partial charge in [0.25, 0.3) is 11.5 Å². The van der Waals surface area contributed by atoms with Crippen LogP contribution in [0, 0.1) is 4.77 Å². The quantitative estimate of drug-likeness (QED) is 0.363. The molecule has 0 aliphatic heterocycles. The highest BCUT2D eigenvalue weighted by molar-refractivity contribution is 7.89. The van der Waals surface area contributed by atoms with E-state index in [0.29, 0.717) is 40.7 Å². The molecular weight excluding hydrogens is 474 g/mol. The van der Waals surface area contributed by atoms with Crippen molar-refractivity contribution < 1.29 is 13.2 Å². The number of fused-ring (bicyclic) bond motifs is 1. The number of sulfonamides is 1. The first-order valence-corrected chi connectivity index (χ1v) is 13.0. The van der Waals surface area contributed by atoms with E-state index in [1.807, 2.05) is 0 Å². The highest BCUT2D eigenvalue weighted by Gasteiger charge is 2.12. The predicted molar refractivity (Wildman–Crippen MR) is 135 cm³/mol. The van der Waals surface area contributed by atoms with E-state index in [0.717, 1.165) is 25.2 Å². The van der Waals surface area contributed by atoms with Crippen LogP contribution in [-0.2, 0) is 23.0 Å². The number of hydrogen-bond donors (Lipinski definition) is 3. The Morgan fingerprint density at radius 1 is 1.15 bits per heavy atom. The van der Waals surface area contributed by atoms with E-state index < -0.39 is 10.0 Å². The normalized spacial score (nSPS) is 11.8. The third-order valence-electron chi connectivity index (χ3n) is 5.73. The third-order valence-corrected chi connectivity index (χ3v) is 6.98. The lowest BCUT2D eigenvalue weighted by Crippen LogP contribution is -2.31. The van der Waals surface area contributed by atoms with Crippen molar-refractivity contribution in [1.29, 1.82) is 0 Å². The number of nitrogens with one attached hydrogen (secondary N) is 2. The minimum Gasteiger partial charge on any atom is -0.352 e. The summed E-state index contributed by atoms with van der Waals surface area (Å²) in [7, 11) is -3.73. The fourth-order valence-electron chi connectivity index (χ4n) is 3.65. The molecule has 11 heteroatoms. The zero-order valence-corrected chi connectivity index (χ0v) is 20.8. The molecule has 0 saturated carbocycles. The summed E-state index contributed by atoms with van der Waals surface area (Å²) < 4.78 is 24.5. The summed E-state index contributed by atoms with van der Waals surface area (Å²) >= 11 is 5.40. The third kappa shape index (κ3) is 6.17. The van der Waals surface area contributed by atoms with Gasteiger partial charge in [-0.2, -0.15) is 0 Å². The molecule has 0 fully saturated rings. The summed E-state index contributed by atoms with van der Waals surface area (Å²) in [6.07, 6.45) is 0.518. The van der Waals surface area contributed by atoms with Gasteiger partial charge >= 0.3 is 0 Å². The Kier molecular flexibility index (Phi) is 8.37. The summed E-state index contributed by atoms with van der Waals surface area (Å²) in [5, 5.41) is 8.40. The Balaban J connectivity index is 1.69. The van der Waals surface area contributed by atoms with Gasteiger partial charge in [-0.1, -0.05) is 26.0 Å². The molecule has 1 amide bonds. The fraction of sp³-hybridized carbons (Fsp3) is 0.348. The van der Waals surface area contributed by atoms with Gasteiger partial charge in [-0.3, -0.25) is 14.2 Å². The second-order valence-corrected chi connectivity index (χ2v) is 9.82. The van der Waals surface area contributed by atoms with E-state index >= 15 is 0 Å². The van der Waals surface area contributed by atoms with Crippen LogP contribution in [0.25, 0.3) is 10.9 Å². The van der Waals surface area contributed by atoms with Crippen LogP contribution in [0.4, 0.5) is 0 Å². The zero-order chi connectivity index (χ0) is 24.9. The molecule has 2 aromatic carbocycles. The van der Waals surface area contributed by atoms with E-state index in [2.05, 4.69) is 29.0 Å². The van der Waals surface area contributed by atoms with Crippen LogP contribution >= 0.6 is 12.2 Å². The van der Waals surface area contributed by atoms with Crippen LogP contribution in [0.1, 0.15) is 29.8 Å². The Morgan fingerprint density at radius 2 is 1.82 bits per heavy atom. The van der Waals surface area contributed by atoms with E-state index in [-0.39, 0.29) is 16.4 Å². The van der Waals surface area contributed by atoms with Crippen LogP contribution in [-0.4, -0.2) is 55.0 Å². The lowest BCUT2D eigenvalue weighted by molar-refractivity contribution is 0.0954. The van der Waals surface area contributed by atoms with Crippen molar-refractivity contribution in [3.63, 3.8) is 0 Å². The number of amides is 1. The van der Waals surface area contributed by atoms with E-state index in [1.54, 1.807) is 34.9 Å². The molecule has 182 valence electrons. The van der Waals surface area contributed by atoms with Crippen molar-refractivity contribution >= 4 is 39.1 Å². The number of aromatic amines is 1. The Hall–Kier alpha value is -2.86. The monoisotopic (exact) mass is 503 g/mol. The van der Waals surface area contributed by atoms with Crippen LogP contribution in [0.15, 0.2) is 52.2 Å². The number of aromatic nitrogens is 2. The number of H-pyrrole nitrogens is 1. The van der Waals surface area contributed by atoms with Gasteiger partial charge in [-0.25, -0.2) is 13.6 Å². The second kappa shape index (κ2) is 11.0. The number of primary sulfonamides is 1. The Morgan fingerprint density at radius 3 is 2.44 bits per heavy atom. The standard InChI is InChI=1S/C23H29N5O4S2/c1-3-27(4-2)13-14-28-22(30)19-10-7-17(15-20(19)26-23(28)33)21(29)25-12-11-16-5-8-18(9-6-16)34(24,31)32/h5-10,15H,3-4,11-14H2,1-2H3,(H,25,29)(H,26,33)(H2,24,31,32). The van der Waals surface area contributed by atoms with Crippen molar-refractivity contribution in [2.45, 2.75) is 31.7 Å². The summed E-state index contributed by atoms with van der Waals surface area (Å²) in [4.78, 5) is 30.9. The fourth-order valence-corrected chi connectivity index (χ4v) is 4.45. The number of nitrogens with zero attached hydrogens (tertiary/aromatic N) is 2. The van der Waals surface area contributed by atoms with Crippen LogP contribution in [0.2, 0.25) is 0 Å². The molecule has 0 aliphatic carbocycles. The van der Waals surface area contributed by atoms with Crippen molar-refractivity contribution in [3.8, 4) is 0 Å². The molecule has 34 heavy (non-hydrogen) atoms. The average Bonchev–Trinajstić information content (AvgIpc) is 2.80. The van der Waals surface area contributed by atoms with Gasteiger partial charge in [0.1, 0.15) is 0 Å². The Bertz CT molecular complexity index is 1390. The molecular formula is C23H29N5O4S2. The van der Waals surface area contributed by atoms with Crippen molar-refractivity contribution in [2.75, 3.05) is 26.2 Å². The van der Waals surface area contributed by atoms with Gasteiger partial charge in [-0.05, 0) is 67.6 Å². The average molecular weight is 504 g/mol. The summed E-state index contributed by atoms with van der Waals surface area (Å²) in [5.41, 5.74) is 1.60. The van der Waals surface area contributed by atoms with Gasteiger partial charge < -0.3 is 15.2 Å². The van der Waals surface area contributed by atoms with E-state index in [4.69, 9.17) is 17.4 Å². The smallest absolute Gasteiger partial charge is 0.262 e. The molecule has 1 aromatic heterocycles. The molecule has 0 radical (unpaired) electrons. The maximum absolute atomic E-state index is 12.9. The molecule has 1 heterocycles. The molecule has 0 unspecified atom stereocenters. The highest BCUT2D eigenvalue weighted by Crippen LogP contribution is 2.12. The molecule has 9 nitrogen and oxygen atoms in total. The van der Waals surface area contributed by atoms with Crippen molar-refractivity contribution in [2.24, 2.45) is 5.14 Å². The van der Waals surface area contributed by atoms with Crippen LogP contribution < -0.4 is 16.0 Å². The SMILES string of the molecule is CCN(CC)CCn1c(=S)[nH]c2cc(C(=O)NCCc3ccc(S(N)(=O)=O)cc3)ccc2c1=O. The molecule has 3 aromatic rings. The van der Waals surface area contributed by atoms with Crippen LogP contribution in [0.3, 0.4) is 0 Å². The zero-order valence-electron chi connectivity index (χ0n) is 19.2. The molecule has 0 bridgehead atoms. The topological polar surface area (TPSA) is 130 Å². The molecule has 0 aliphatic rings. The number of likely N-dealkylation sites (N-methyl/N-ethyl adjacent to an activating group) is 1. The number of nitrogens with two attached hydrogens (primary N) is 1. The van der Waals surface area contributed by atoms with Gasteiger partial charge in [0.15, 0.2) is 4.77 Å². The number of carbonyl (C=O) groups excluding carboxylic acids is 1. The van der Waals surface area contributed by atoms with Crippen molar-refractivity contribution in [3.05, 3.63) is 68.7 Å². The number of benzene rings is 2. The predicted octanol–water partition coefficient (Wildman–Crippen LogP) is 2.02. The first-order chi connectivity index (χ1) is 16.1. The van der Waals surface area contributed by atoms with E-state index in [9.17, 15) is 18.0 Å². The lowest BCUT2D eigenvalue weighted by atomic mass is 10.1. The first kappa shape index (κ1) is 25.8. The van der Waals surface area contributed by atoms with Gasteiger partial charge in [0, 0.05) is 25.2 Å². The van der Waals surface area contributed by atoms with Crippen LogP contribution in [0.5, 0.6) is 0 Å². The largest absolute Gasteiger partial charge is 0.352 e. The number of carbonyl (C=O) groups is 1. The van der Waals surface area contributed by atoms with E-state index in [1.165, 1.54) is 12.1 Å². The molecule has 4 N–H and O–H groups in total. The van der Waals surface area contributed by atoms with Gasteiger partial charge in [0.2, 0.25) is 10.0 Å². The second-order valence-electron chi connectivity index (χ2n) is 7.87. The highest BCUT2D eigenvalue weighted by atomic mass is 32.2. The summed E-state index contributed by atoms with van der Waals surface area (Å²) in [6.45, 7) is 7.51. The summed E-state index contributed by atoms with van der Waals surface area (Å²) in [6, 6.07) is 11.1. The molecule has 0 atom stereocenters. The minimum atomic E-state index is -3.73. The molecule has 0 saturated heterocycles. The Labute approximate surface area is 203 Å². The first-order valence-electron chi connectivity index (χ1n) is 11.0. The maximum atomic E-state index is 12.9. The van der Waals surface area contributed by atoms with Crippen molar-refractivity contribution in [1.82, 2.24) is 19.8 Å². The minimum absolute atomic E-state index is 0.0425. The number of hydrogen-bond acceptors (Lipinski definition) is 6. The summed E-state index contributed by atoms with van der Waals surface area (Å²) in [5.74, 6) is -0.284. The van der Waals surface area contributed by atoms with Gasteiger partial charge in [0.05, 0.1) is 15.8 Å². The number of rotatable bonds is 10. The van der Waals surface area contributed by atoms with Gasteiger partial charge in [-0.15, -0.1) is 0 Å². The molecule has 3 rings (SSSR count). The lowest BCUT2D eigenvalue weighted by Gasteiger charge is -2.18. The molecule has 0 spiro atoms.